The molecule has 1 aliphatic carbocycles. The minimum absolute atomic E-state index is 0.0222. The number of benzene rings is 2. The van der Waals surface area contributed by atoms with Gasteiger partial charge in [-0.1, -0.05) is 40.9 Å². The minimum Gasteiger partial charge on any atom is -0.506 e. The number of carbonyl (C=O) groups excluding carboxylic acids is 1. The first-order valence-corrected chi connectivity index (χ1v) is 7.67. The van der Waals surface area contributed by atoms with Gasteiger partial charge in [0.05, 0.1) is 11.1 Å². The van der Waals surface area contributed by atoms with Gasteiger partial charge in [0.25, 0.3) is 0 Å². The maximum absolute atomic E-state index is 12.7. The molecule has 0 heterocycles. The van der Waals surface area contributed by atoms with Gasteiger partial charge in [0, 0.05) is 5.02 Å². The topological polar surface area (TPSA) is 49.3 Å². The van der Waals surface area contributed by atoms with Crippen LogP contribution in [0.5, 0.6) is 5.75 Å². The Morgan fingerprint density at radius 1 is 1.14 bits per heavy atom. The van der Waals surface area contributed by atoms with Crippen LogP contribution in [-0.2, 0) is 10.2 Å². The fourth-order valence-electron chi connectivity index (χ4n) is 2.87. The van der Waals surface area contributed by atoms with Crippen molar-refractivity contribution >= 4 is 23.2 Å². The first-order chi connectivity index (χ1) is 10.4. The molecule has 2 aromatic rings. The highest BCUT2D eigenvalue weighted by Crippen LogP contribution is 2.49. The number of aryl methyl sites for hydroxylation is 2. The summed E-state index contributed by atoms with van der Waals surface area (Å²) < 4.78 is 0. The summed E-state index contributed by atoms with van der Waals surface area (Å²) in [6.07, 6.45) is 1.64. The van der Waals surface area contributed by atoms with E-state index in [1.54, 1.807) is 12.1 Å². The van der Waals surface area contributed by atoms with Crippen molar-refractivity contribution in [2.45, 2.75) is 32.1 Å². The number of hydrogen-bond acceptors (Lipinski definition) is 2. The molecule has 0 aromatic heterocycles. The molecular weight excluding hydrogens is 298 g/mol. The summed E-state index contributed by atoms with van der Waals surface area (Å²) in [5.41, 5.74) is 3.22. The fraction of sp³-hybridized carbons (Fsp3) is 0.278. The van der Waals surface area contributed by atoms with Crippen molar-refractivity contribution in [2.24, 2.45) is 0 Å². The highest BCUT2D eigenvalue weighted by atomic mass is 35.5. The molecule has 114 valence electrons. The van der Waals surface area contributed by atoms with Crippen LogP contribution in [0.1, 0.15) is 29.5 Å². The fourth-order valence-corrected chi connectivity index (χ4v) is 3.05. The predicted octanol–water partition coefficient (Wildman–Crippen LogP) is 4.33. The average Bonchev–Trinajstić information content (AvgIpc) is 3.23. The highest BCUT2D eigenvalue weighted by molar-refractivity contribution is 6.31. The quantitative estimate of drug-likeness (QED) is 0.828. The van der Waals surface area contributed by atoms with Crippen LogP contribution in [0.2, 0.25) is 5.02 Å². The van der Waals surface area contributed by atoms with Crippen LogP contribution < -0.4 is 5.32 Å². The first kappa shape index (κ1) is 14.9. The van der Waals surface area contributed by atoms with Crippen molar-refractivity contribution in [1.29, 1.82) is 0 Å². The van der Waals surface area contributed by atoms with Crippen LogP contribution in [0.4, 0.5) is 5.69 Å². The lowest BCUT2D eigenvalue weighted by atomic mass is 9.92. The van der Waals surface area contributed by atoms with E-state index in [-0.39, 0.29) is 11.7 Å². The van der Waals surface area contributed by atoms with Gasteiger partial charge in [0.2, 0.25) is 5.91 Å². The van der Waals surface area contributed by atoms with Gasteiger partial charge in [0.15, 0.2) is 0 Å². The number of nitrogens with one attached hydrogen (secondary N) is 1. The third-order valence-electron chi connectivity index (χ3n) is 4.17. The van der Waals surface area contributed by atoms with Gasteiger partial charge >= 0.3 is 0 Å². The second kappa shape index (κ2) is 5.33. The third kappa shape index (κ3) is 2.69. The van der Waals surface area contributed by atoms with Gasteiger partial charge in [-0.25, -0.2) is 0 Å². The van der Waals surface area contributed by atoms with Crippen molar-refractivity contribution in [3.8, 4) is 5.75 Å². The maximum atomic E-state index is 12.7. The van der Waals surface area contributed by atoms with Gasteiger partial charge in [-0.15, -0.1) is 0 Å². The molecule has 0 saturated heterocycles. The molecule has 1 saturated carbocycles. The summed E-state index contributed by atoms with van der Waals surface area (Å²) >= 11 is 5.93. The molecule has 1 fully saturated rings. The first-order valence-electron chi connectivity index (χ1n) is 7.29. The van der Waals surface area contributed by atoms with Crippen LogP contribution >= 0.6 is 11.6 Å². The van der Waals surface area contributed by atoms with E-state index >= 15 is 0 Å². The Morgan fingerprint density at radius 3 is 2.36 bits per heavy atom. The molecule has 4 heteroatoms. The number of carbonyl (C=O) groups is 1. The Hall–Kier alpha value is -2.00. The monoisotopic (exact) mass is 315 g/mol. The molecular formula is C18H18ClNO2. The number of phenols is 1. The third-order valence-corrected chi connectivity index (χ3v) is 4.40. The standard InChI is InChI=1S/C18H18ClNO2/c1-11-7-12(2)9-13(8-11)18(5-6-18)17(22)20-15-10-14(19)3-4-16(15)21/h3-4,7-10,21H,5-6H2,1-2H3,(H,20,22). The number of anilines is 1. The number of aromatic hydroxyl groups is 1. The summed E-state index contributed by atoms with van der Waals surface area (Å²) in [6.45, 7) is 4.07. The lowest BCUT2D eigenvalue weighted by Gasteiger charge is -2.18. The van der Waals surface area contributed by atoms with Crippen LogP contribution in [0.15, 0.2) is 36.4 Å². The molecule has 0 bridgehead atoms. The molecule has 2 N–H and O–H groups in total. The zero-order valence-corrected chi connectivity index (χ0v) is 13.4. The van der Waals surface area contributed by atoms with Crippen molar-refractivity contribution < 1.29 is 9.90 Å². The zero-order chi connectivity index (χ0) is 15.9. The van der Waals surface area contributed by atoms with E-state index in [4.69, 9.17) is 11.6 Å². The van der Waals surface area contributed by atoms with Gasteiger partial charge in [-0.3, -0.25) is 4.79 Å². The van der Waals surface area contributed by atoms with E-state index in [1.165, 1.54) is 6.07 Å². The van der Waals surface area contributed by atoms with Gasteiger partial charge in [0.1, 0.15) is 5.75 Å². The Labute approximate surface area is 134 Å². The lowest BCUT2D eigenvalue weighted by molar-refractivity contribution is -0.118. The Bertz CT molecular complexity index is 730. The summed E-state index contributed by atoms with van der Waals surface area (Å²) in [5, 5.41) is 13.1. The van der Waals surface area contributed by atoms with Gasteiger partial charge < -0.3 is 10.4 Å². The van der Waals surface area contributed by atoms with Crippen LogP contribution in [0, 0.1) is 13.8 Å². The Morgan fingerprint density at radius 2 is 1.77 bits per heavy atom. The smallest absolute Gasteiger partial charge is 0.235 e. The van der Waals surface area contributed by atoms with E-state index < -0.39 is 5.41 Å². The SMILES string of the molecule is Cc1cc(C)cc(C2(C(=O)Nc3cc(Cl)ccc3O)CC2)c1. The van der Waals surface area contributed by atoms with E-state index in [0.29, 0.717) is 10.7 Å². The van der Waals surface area contributed by atoms with Crippen molar-refractivity contribution in [1.82, 2.24) is 0 Å². The molecule has 1 aliphatic rings. The summed E-state index contributed by atoms with van der Waals surface area (Å²) in [7, 11) is 0. The van der Waals surface area contributed by atoms with E-state index in [0.717, 1.165) is 29.5 Å². The molecule has 3 nitrogen and oxygen atoms in total. The lowest BCUT2D eigenvalue weighted by Crippen LogP contribution is -2.28. The van der Waals surface area contributed by atoms with Crippen LogP contribution in [-0.4, -0.2) is 11.0 Å². The van der Waals surface area contributed by atoms with E-state index in [1.807, 2.05) is 13.8 Å². The molecule has 22 heavy (non-hydrogen) atoms. The number of amides is 1. The molecule has 0 radical (unpaired) electrons. The molecule has 2 aromatic carbocycles. The van der Waals surface area contributed by atoms with Gasteiger partial charge in [-0.2, -0.15) is 0 Å². The highest BCUT2D eigenvalue weighted by Gasteiger charge is 2.51. The normalized spacial score (nSPS) is 15.4. The van der Waals surface area contributed by atoms with Gasteiger partial charge in [-0.05, 0) is 50.5 Å². The van der Waals surface area contributed by atoms with Crippen molar-refractivity contribution in [2.75, 3.05) is 5.32 Å². The summed E-state index contributed by atoms with van der Waals surface area (Å²) in [5.74, 6) is -0.0657. The molecule has 1 amide bonds. The number of phenolic OH excluding ortho intramolecular Hbond substituents is 1. The van der Waals surface area contributed by atoms with E-state index in [2.05, 4.69) is 23.5 Å². The molecule has 3 rings (SSSR count). The largest absolute Gasteiger partial charge is 0.506 e. The average molecular weight is 316 g/mol. The van der Waals surface area contributed by atoms with Crippen molar-refractivity contribution in [3.05, 3.63) is 58.1 Å². The molecule has 0 unspecified atom stereocenters. The molecule has 0 spiro atoms. The van der Waals surface area contributed by atoms with Crippen LogP contribution in [0.25, 0.3) is 0 Å². The van der Waals surface area contributed by atoms with Crippen LogP contribution in [0.3, 0.4) is 0 Å². The zero-order valence-electron chi connectivity index (χ0n) is 12.6. The Kier molecular flexibility index (Phi) is 3.61. The maximum Gasteiger partial charge on any atom is 0.235 e. The second-order valence-electron chi connectivity index (χ2n) is 6.07. The van der Waals surface area contributed by atoms with Crippen molar-refractivity contribution in [3.63, 3.8) is 0 Å². The number of halogens is 1. The summed E-state index contributed by atoms with van der Waals surface area (Å²) in [6, 6.07) is 10.9. The minimum atomic E-state index is -0.481. The molecule has 0 atom stereocenters. The number of hydrogen-bond donors (Lipinski definition) is 2. The molecule has 0 aliphatic heterocycles. The number of rotatable bonds is 3. The Balaban J connectivity index is 1.89. The second-order valence-corrected chi connectivity index (χ2v) is 6.51. The van der Waals surface area contributed by atoms with E-state index in [9.17, 15) is 9.90 Å². The predicted molar refractivity (Wildman–Crippen MR) is 88.6 cm³/mol. The summed E-state index contributed by atoms with van der Waals surface area (Å²) in [4.78, 5) is 12.7.